The summed E-state index contributed by atoms with van der Waals surface area (Å²) >= 11 is 0. The van der Waals surface area contributed by atoms with Crippen LogP contribution in [0.5, 0.6) is 0 Å². The molecule has 0 bridgehead atoms. The van der Waals surface area contributed by atoms with Crippen LogP contribution in [-0.4, -0.2) is 19.1 Å². The van der Waals surface area contributed by atoms with E-state index >= 15 is 0 Å². The van der Waals surface area contributed by atoms with Gasteiger partial charge in [-0.05, 0) is 6.42 Å². The Morgan fingerprint density at radius 3 is 2.08 bits per heavy atom. The number of carboxylic acids is 1. The number of hydrogen-bond donors (Lipinski definition) is 1. The highest BCUT2D eigenvalue weighted by Gasteiger charge is 2.11. The quantitative estimate of drug-likeness (QED) is 0.508. The van der Waals surface area contributed by atoms with Crippen molar-refractivity contribution in [2.24, 2.45) is 0 Å². The summed E-state index contributed by atoms with van der Waals surface area (Å²) in [6, 6.07) is 1.38. The molecule has 0 rings (SSSR count). The molecule has 0 fully saturated rings. The van der Waals surface area contributed by atoms with Gasteiger partial charge in [0.2, 0.25) is 0 Å². The zero-order valence-corrected chi connectivity index (χ0v) is 10.1. The molecule has 0 atom stereocenters. The number of aliphatic carboxylic acids is 1. The van der Waals surface area contributed by atoms with Crippen molar-refractivity contribution >= 4 is 14.0 Å². The third kappa shape index (κ3) is 11.7. The molecule has 78 valence electrons. The molecule has 0 aromatic rings. The van der Waals surface area contributed by atoms with Gasteiger partial charge in [0.15, 0.2) is 0 Å². The molecule has 1 N–H and O–H groups in total. The van der Waals surface area contributed by atoms with Gasteiger partial charge in [-0.15, -0.1) is 0 Å². The van der Waals surface area contributed by atoms with Crippen molar-refractivity contribution in [2.75, 3.05) is 0 Å². The first-order valence-electron chi connectivity index (χ1n) is 5.13. The molecule has 0 aromatic heterocycles. The highest BCUT2D eigenvalue weighted by Crippen LogP contribution is 2.14. The minimum atomic E-state index is -0.856. The van der Waals surface area contributed by atoms with Crippen LogP contribution >= 0.6 is 0 Å². The molecule has 0 aromatic carbocycles. The number of hydrogen-bond acceptors (Lipinski definition) is 1. The highest BCUT2D eigenvalue weighted by molar-refractivity contribution is 6.76. The van der Waals surface area contributed by atoms with Gasteiger partial charge >= 0.3 is 5.97 Å². The van der Waals surface area contributed by atoms with Gasteiger partial charge in [0.05, 0.1) is 0 Å². The largest absolute Gasteiger partial charge is 0.481 e. The van der Waals surface area contributed by atoms with E-state index in [1.807, 2.05) is 0 Å². The van der Waals surface area contributed by atoms with E-state index in [-0.39, 0.29) is 0 Å². The molecule has 0 amide bonds. The maximum Gasteiger partial charge on any atom is 0.303 e. The molecule has 0 aliphatic rings. The molecular formula is C10H22O2Si. The van der Waals surface area contributed by atoms with Gasteiger partial charge < -0.3 is 5.11 Å². The Kier molecular flexibility index (Phi) is 6.04. The normalized spacial score (nSPS) is 11.6. The van der Waals surface area contributed by atoms with Crippen molar-refractivity contribution in [1.29, 1.82) is 0 Å². The molecule has 0 saturated heterocycles. The van der Waals surface area contributed by atoms with Crippen LogP contribution in [0.2, 0.25) is 25.7 Å². The average molecular weight is 202 g/mol. The molecule has 0 spiro atoms. The van der Waals surface area contributed by atoms with Crippen molar-refractivity contribution < 1.29 is 9.90 Å². The minimum Gasteiger partial charge on any atom is -0.481 e. The van der Waals surface area contributed by atoms with Gasteiger partial charge in [0.25, 0.3) is 0 Å². The van der Waals surface area contributed by atoms with Crippen LogP contribution in [0, 0.1) is 0 Å². The van der Waals surface area contributed by atoms with E-state index in [1.165, 1.54) is 18.9 Å². The fourth-order valence-electron chi connectivity index (χ4n) is 1.29. The Morgan fingerprint density at radius 1 is 1.08 bits per heavy atom. The van der Waals surface area contributed by atoms with E-state index in [2.05, 4.69) is 19.6 Å². The second-order valence-electron chi connectivity index (χ2n) is 4.87. The number of carbonyl (C=O) groups is 1. The first-order valence-corrected chi connectivity index (χ1v) is 8.84. The standard InChI is InChI=1S/C10H22O2Si/c1-13(2,3)9-7-5-4-6-8-10(11)12/h4-9H2,1-3H3,(H,11,12). The van der Waals surface area contributed by atoms with Crippen molar-refractivity contribution in [1.82, 2.24) is 0 Å². The van der Waals surface area contributed by atoms with Gasteiger partial charge in [0, 0.05) is 14.5 Å². The van der Waals surface area contributed by atoms with Crippen LogP contribution in [0.25, 0.3) is 0 Å². The SMILES string of the molecule is C[Si](C)(C)CCCCCCC(=O)O. The lowest BCUT2D eigenvalue weighted by Gasteiger charge is -2.14. The van der Waals surface area contributed by atoms with Crippen LogP contribution in [-0.2, 0) is 4.79 Å². The molecule has 13 heavy (non-hydrogen) atoms. The maximum absolute atomic E-state index is 10.2. The van der Waals surface area contributed by atoms with Crippen LogP contribution in [0.15, 0.2) is 0 Å². The Bertz CT molecular complexity index is 149. The van der Waals surface area contributed by atoms with E-state index in [1.54, 1.807) is 0 Å². The van der Waals surface area contributed by atoms with Crippen molar-refractivity contribution in [3.05, 3.63) is 0 Å². The van der Waals surface area contributed by atoms with Gasteiger partial charge in [-0.1, -0.05) is 44.9 Å². The lowest BCUT2D eigenvalue weighted by atomic mass is 10.2. The van der Waals surface area contributed by atoms with Crippen LogP contribution in [0.1, 0.15) is 32.1 Å². The topological polar surface area (TPSA) is 37.3 Å². The maximum atomic E-state index is 10.2. The predicted octanol–water partition coefficient (Wildman–Crippen LogP) is 3.36. The molecule has 0 unspecified atom stereocenters. The minimum absolute atomic E-state index is 0.340. The van der Waals surface area contributed by atoms with E-state index < -0.39 is 14.0 Å². The van der Waals surface area contributed by atoms with Crippen molar-refractivity contribution in [2.45, 2.75) is 57.8 Å². The average Bonchev–Trinajstić information content (AvgIpc) is 1.93. The lowest BCUT2D eigenvalue weighted by molar-refractivity contribution is -0.137. The molecule has 3 heteroatoms. The van der Waals surface area contributed by atoms with E-state index in [9.17, 15) is 4.79 Å². The molecule has 0 saturated carbocycles. The summed E-state index contributed by atoms with van der Waals surface area (Å²) in [4.78, 5) is 10.2. The van der Waals surface area contributed by atoms with Crippen molar-refractivity contribution in [3.8, 4) is 0 Å². The predicted molar refractivity (Wildman–Crippen MR) is 58.9 cm³/mol. The van der Waals surface area contributed by atoms with Crippen LogP contribution < -0.4 is 0 Å². The summed E-state index contributed by atoms with van der Waals surface area (Å²) in [5, 5.41) is 8.41. The fourth-order valence-corrected chi connectivity index (χ4v) is 2.60. The smallest absolute Gasteiger partial charge is 0.303 e. The molecular weight excluding hydrogens is 180 g/mol. The molecule has 0 heterocycles. The van der Waals surface area contributed by atoms with E-state index in [4.69, 9.17) is 5.11 Å². The zero-order chi connectivity index (χ0) is 10.3. The Morgan fingerprint density at radius 2 is 1.62 bits per heavy atom. The number of carboxylic acid groups (broad SMARTS) is 1. The number of unbranched alkanes of at least 4 members (excludes halogenated alkanes) is 3. The molecule has 0 aliphatic heterocycles. The summed E-state index contributed by atoms with van der Waals surface area (Å²) in [7, 11) is -0.856. The first kappa shape index (κ1) is 12.7. The third-order valence-electron chi connectivity index (χ3n) is 2.07. The summed E-state index contributed by atoms with van der Waals surface area (Å²) in [5.41, 5.74) is 0. The molecule has 2 nitrogen and oxygen atoms in total. The van der Waals surface area contributed by atoms with Gasteiger partial charge in [-0.3, -0.25) is 4.79 Å². The lowest BCUT2D eigenvalue weighted by Crippen LogP contribution is -2.18. The summed E-state index contributed by atoms with van der Waals surface area (Å²) in [6.45, 7) is 7.14. The second kappa shape index (κ2) is 6.19. The molecule has 0 radical (unpaired) electrons. The summed E-state index contributed by atoms with van der Waals surface area (Å²) in [5.74, 6) is -0.662. The van der Waals surface area contributed by atoms with Crippen molar-refractivity contribution in [3.63, 3.8) is 0 Å². The molecule has 0 aliphatic carbocycles. The van der Waals surface area contributed by atoms with Gasteiger partial charge in [0.1, 0.15) is 0 Å². The Balaban J connectivity index is 3.13. The zero-order valence-electron chi connectivity index (χ0n) is 9.10. The van der Waals surface area contributed by atoms with Gasteiger partial charge in [-0.25, -0.2) is 0 Å². The third-order valence-corrected chi connectivity index (χ3v) is 3.92. The Hall–Kier alpha value is -0.313. The summed E-state index contributed by atoms with van der Waals surface area (Å²) < 4.78 is 0. The highest BCUT2D eigenvalue weighted by atomic mass is 28.3. The van der Waals surface area contributed by atoms with E-state index in [0.29, 0.717) is 6.42 Å². The summed E-state index contributed by atoms with van der Waals surface area (Å²) in [6.07, 6.45) is 4.76. The van der Waals surface area contributed by atoms with Crippen LogP contribution in [0.3, 0.4) is 0 Å². The first-order chi connectivity index (χ1) is 5.92. The fraction of sp³-hybridized carbons (Fsp3) is 0.900. The van der Waals surface area contributed by atoms with Gasteiger partial charge in [-0.2, -0.15) is 0 Å². The van der Waals surface area contributed by atoms with E-state index in [0.717, 1.165) is 12.8 Å². The Labute approximate surface area is 82.4 Å². The monoisotopic (exact) mass is 202 g/mol. The second-order valence-corrected chi connectivity index (χ2v) is 10.5. The van der Waals surface area contributed by atoms with Crippen LogP contribution in [0.4, 0.5) is 0 Å². The number of rotatable bonds is 7.